The molecule has 0 atom stereocenters. The van der Waals surface area contributed by atoms with Crippen LogP contribution in [0.3, 0.4) is 0 Å². The summed E-state index contributed by atoms with van der Waals surface area (Å²) in [5.74, 6) is 5.39. The van der Waals surface area contributed by atoms with Gasteiger partial charge in [-0.3, -0.25) is 14.9 Å². The van der Waals surface area contributed by atoms with Crippen molar-refractivity contribution >= 4 is 11.6 Å². The molecule has 5 heteroatoms. The summed E-state index contributed by atoms with van der Waals surface area (Å²) in [6.45, 7) is 1.73. The normalized spacial score (nSPS) is 9.50. The minimum absolute atomic E-state index is 0.0666. The Morgan fingerprint density at radius 2 is 1.91 bits per heavy atom. The summed E-state index contributed by atoms with van der Waals surface area (Å²) in [5, 5.41) is 13.5. The Balaban J connectivity index is 2.03. The number of nitrogens with one attached hydrogen (secondary N) is 1. The van der Waals surface area contributed by atoms with Crippen molar-refractivity contribution in [3.05, 3.63) is 75.3 Å². The molecule has 0 fully saturated rings. The fraction of sp³-hybridized carbons (Fsp3) is 0.118. The summed E-state index contributed by atoms with van der Waals surface area (Å²) < 4.78 is 0. The molecule has 0 saturated heterocycles. The van der Waals surface area contributed by atoms with Gasteiger partial charge in [0.05, 0.1) is 11.5 Å². The molecular formula is C17H14N2O3. The van der Waals surface area contributed by atoms with E-state index in [-0.39, 0.29) is 23.7 Å². The SMILES string of the molecule is Cc1c(C(=O)NCC#Cc2ccccc2)cccc1[N+](=O)[O-]. The van der Waals surface area contributed by atoms with Crippen LogP contribution in [0.15, 0.2) is 48.5 Å². The van der Waals surface area contributed by atoms with E-state index in [2.05, 4.69) is 17.2 Å². The van der Waals surface area contributed by atoms with E-state index in [0.29, 0.717) is 5.56 Å². The molecule has 0 heterocycles. The Morgan fingerprint density at radius 3 is 2.59 bits per heavy atom. The molecule has 0 aliphatic carbocycles. The maximum absolute atomic E-state index is 12.1. The molecule has 22 heavy (non-hydrogen) atoms. The van der Waals surface area contributed by atoms with Gasteiger partial charge in [0.1, 0.15) is 0 Å². The highest BCUT2D eigenvalue weighted by atomic mass is 16.6. The smallest absolute Gasteiger partial charge is 0.273 e. The lowest BCUT2D eigenvalue weighted by Gasteiger charge is -2.05. The van der Waals surface area contributed by atoms with E-state index in [9.17, 15) is 14.9 Å². The minimum Gasteiger partial charge on any atom is -0.341 e. The van der Waals surface area contributed by atoms with Crippen molar-refractivity contribution in [3.8, 4) is 11.8 Å². The van der Waals surface area contributed by atoms with Gasteiger partial charge >= 0.3 is 0 Å². The molecule has 0 radical (unpaired) electrons. The van der Waals surface area contributed by atoms with Crippen molar-refractivity contribution in [1.82, 2.24) is 5.32 Å². The first-order chi connectivity index (χ1) is 10.6. The van der Waals surface area contributed by atoms with Gasteiger partial charge in [0.25, 0.3) is 11.6 Å². The van der Waals surface area contributed by atoms with Crippen LogP contribution in [0.5, 0.6) is 0 Å². The van der Waals surface area contributed by atoms with Crippen molar-refractivity contribution in [2.24, 2.45) is 0 Å². The van der Waals surface area contributed by atoms with Crippen LogP contribution in [0.4, 0.5) is 5.69 Å². The lowest BCUT2D eigenvalue weighted by Crippen LogP contribution is -2.24. The third-order valence-corrected chi connectivity index (χ3v) is 3.09. The number of nitro groups is 1. The topological polar surface area (TPSA) is 72.2 Å². The van der Waals surface area contributed by atoms with Crippen LogP contribution >= 0.6 is 0 Å². The lowest BCUT2D eigenvalue weighted by atomic mass is 10.1. The summed E-state index contributed by atoms with van der Waals surface area (Å²) in [5.41, 5.74) is 1.43. The monoisotopic (exact) mass is 294 g/mol. The Kier molecular flexibility index (Phi) is 4.89. The third-order valence-electron chi connectivity index (χ3n) is 3.09. The molecule has 110 valence electrons. The number of nitrogens with zero attached hydrogens (tertiary/aromatic N) is 1. The molecule has 0 aromatic heterocycles. The summed E-state index contributed by atoms with van der Waals surface area (Å²) in [6, 6.07) is 13.8. The maximum Gasteiger partial charge on any atom is 0.273 e. The highest BCUT2D eigenvalue weighted by Gasteiger charge is 2.17. The largest absolute Gasteiger partial charge is 0.341 e. The Hall–Kier alpha value is -3.13. The Bertz CT molecular complexity index is 758. The van der Waals surface area contributed by atoms with E-state index in [0.717, 1.165) is 5.56 Å². The van der Waals surface area contributed by atoms with E-state index in [4.69, 9.17) is 0 Å². The number of hydrogen-bond acceptors (Lipinski definition) is 3. The number of rotatable bonds is 3. The van der Waals surface area contributed by atoms with E-state index < -0.39 is 4.92 Å². The summed E-state index contributed by atoms with van der Waals surface area (Å²) in [7, 11) is 0. The number of carbonyl (C=O) groups is 1. The van der Waals surface area contributed by atoms with Crippen LogP contribution in [0.1, 0.15) is 21.5 Å². The number of nitro benzene ring substituents is 1. The second kappa shape index (κ2) is 7.04. The van der Waals surface area contributed by atoms with Crippen molar-refractivity contribution in [2.45, 2.75) is 6.92 Å². The number of carbonyl (C=O) groups excluding carboxylic acids is 1. The Labute approximate surface area is 128 Å². The van der Waals surface area contributed by atoms with Gasteiger partial charge in [0, 0.05) is 22.8 Å². The van der Waals surface area contributed by atoms with Crippen LogP contribution in [0.2, 0.25) is 0 Å². The molecule has 0 unspecified atom stereocenters. The van der Waals surface area contributed by atoms with E-state index >= 15 is 0 Å². The average Bonchev–Trinajstić information content (AvgIpc) is 2.52. The van der Waals surface area contributed by atoms with Gasteiger partial charge in [0.2, 0.25) is 0 Å². The highest BCUT2D eigenvalue weighted by molar-refractivity contribution is 5.96. The molecule has 0 saturated carbocycles. The zero-order valence-corrected chi connectivity index (χ0v) is 12.0. The molecule has 0 aliphatic rings. The van der Waals surface area contributed by atoms with Gasteiger partial charge in [-0.05, 0) is 25.1 Å². The highest BCUT2D eigenvalue weighted by Crippen LogP contribution is 2.20. The second-order valence-electron chi connectivity index (χ2n) is 4.56. The summed E-state index contributed by atoms with van der Waals surface area (Å²) in [4.78, 5) is 22.4. The molecule has 1 amide bonds. The van der Waals surface area contributed by atoms with Crippen LogP contribution < -0.4 is 5.32 Å². The first-order valence-electron chi connectivity index (χ1n) is 6.65. The van der Waals surface area contributed by atoms with Gasteiger partial charge in [-0.2, -0.15) is 0 Å². The van der Waals surface area contributed by atoms with Crippen molar-refractivity contribution in [3.63, 3.8) is 0 Å². The summed E-state index contributed by atoms with van der Waals surface area (Å²) in [6.07, 6.45) is 0. The molecule has 0 spiro atoms. The molecular weight excluding hydrogens is 280 g/mol. The van der Waals surface area contributed by atoms with E-state index in [1.807, 2.05) is 30.3 Å². The van der Waals surface area contributed by atoms with Crippen LogP contribution in [0.25, 0.3) is 0 Å². The molecule has 2 rings (SSSR count). The minimum atomic E-state index is -0.499. The van der Waals surface area contributed by atoms with Crippen LogP contribution in [-0.2, 0) is 0 Å². The van der Waals surface area contributed by atoms with E-state index in [1.165, 1.54) is 12.1 Å². The van der Waals surface area contributed by atoms with Crippen molar-refractivity contribution < 1.29 is 9.72 Å². The summed E-state index contributed by atoms with van der Waals surface area (Å²) >= 11 is 0. The van der Waals surface area contributed by atoms with Gasteiger partial charge in [-0.1, -0.05) is 36.1 Å². The third kappa shape index (κ3) is 3.70. The number of hydrogen-bond donors (Lipinski definition) is 1. The zero-order valence-electron chi connectivity index (χ0n) is 12.0. The molecule has 2 aromatic rings. The molecule has 2 aromatic carbocycles. The van der Waals surface area contributed by atoms with Crippen molar-refractivity contribution in [2.75, 3.05) is 6.54 Å². The van der Waals surface area contributed by atoms with Gasteiger partial charge in [-0.15, -0.1) is 0 Å². The van der Waals surface area contributed by atoms with Gasteiger partial charge in [-0.25, -0.2) is 0 Å². The van der Waals surface area contributed by atoms with Gasteiger partial charge in [0.15, 0.2) is 0 Å². The van der Waals surface area contributed by atoms with E-state index in [1.54, 1.807) is 13.0 Å². The Morgan fingerprint density at radius 1 is 1.18 bits per heavy atom. The first kappa shape index (κ1) is 15.3. The molecule has 0 bridgehead atoms. The predicted molar refractivity (Wildman–Crippen MR) is 83.5 cm³/mol. The second-order valence-corrected chi connectivity index (χ2v) is 4.56. The lowest BCUT2D eigenvalue weighted by molar-refractivity contribution is -0.385. The molecule has 0 aliphatic heterocycles. The standard InChI is InChI=1S/C17H14N2O3/c1-13-15(10-5-11-16(13)19(21)22)17(20)18-12-6-9-14-7-3-2-4-8-14/h2-5,7-8,10-11H,12H2,1H3,(H,18,20). The first-order valence-corrected chi connectivity index (χ1v) is 6.65. The van der Waals surface area contributed by atoms with Gasteiger partial charge < -0.3 is 5.32 Å². The van der Waals surface area contributed by atoms with Crippen molar-refractivity contribution in [1.29, 1.82) is 0 Å². The molecule has 5 nitrogen and oxygen atoms in total. The average molecular weight is 294 g/mol. The number of benzene rings is 2. The maximum atomic E-state index is 12.1. The quantitative estimate of drug-likeness (QED) is 0.537. The zero-order chi connectivity index (χ0) is 15.9. The number of amides is 1. The predicted octanol–water partition coefficient (Wildman–Crippen LogP) is 2.68. The fourth-order valence-corrected chi connectivity index (χ4v) is 1.95. The molecule has 1 N–H and O–H groups in total. The van der Waals surface area contributed by atoms with Crippen LogP contribution in [-0.4, -0.2) is 17.4 Å². The fourth-order valence-electron chi connectivity index (χ4n) is 1.95. The van der Waals surface area contributed by atoms with Crippen LogP contribution in [0, 0.1) is 28.9 Å².